The molecule has 5 aliphatic rings. The lowest BCUT2D eigenvalue weighted by molar-refractivity contribution is -0.150. The third-order valence-corrected chi connectivity index (χ3v) is 10.6. The average molecular weight is 484 g/mol. The van der Waals surface area contributed by atoms with E-state index in [4.69, 9.17) is 0 Å². The highest BCUT2D eigenvalue weighted by Gasteiger charge is 2.61. The summed E-state index contributed by atoms with van der Waals surface area (Å²) in [6.45, 7) is 1.17. The Morgan fingerprint density at radius 1 is 0.971 bits per heavy atom. The van der Waals surface area contributed by atoms with Crippen molar-refractivity contribution in [3.63, 3.8) is 0 Å². The zero-order valence-electron chi connectivity index (χ0n) is 19.5. The van der Waals surface area contributed by atoms with Crippen LogP contribution in [-0.4, -0.2) is 46.5 Å². The summed E-state index contributed by atoms with van der Waals surface area (Å²) in [4.78, 5) is 18.1. The Labute approximate surface area is 201 Å². The minimum absolute atomic E-state index is 0.0641. The summed E-state index contributed by atoms with van der Waals surface area (Å²) in [6, 6.07) is 6.73. The van der Waals surface area contributed by atoms with E-state index in [1.165, 1.54) is 6.42 Å². The fraction of sp³-hybridized carbons (Fsp3) is 0.640. The molecule has 4 aliphatic carbocycles. The summed E-state index contributed by atoms with van der Waals surface area (Å²) in [5.74, 6) is 1.14. The van der Waals surface area contributed by atoms with Crippen LogP contribution < -0.4 is 5.32 Å². The van der Waals surface area contributed by atoms with Crippen LogP contribution in [0.25, 0.3) is 0 Å². The molecular weight excluding hydrogens is 450 g/mol. The number of hydrogen-bond acceptors (Lipinski definition) is 5. The maximum Gasteiger partial charge on any atom is 0.243 e. The van der Waals surface area contributed by atoms with Crippen LogP contribution in [0, 0.1) is 17.3 Å². The lowest BCUT2D eigenvalue weighted by atomic mass is 9.46. The van der Waals surface area contributed by atoms with Gasteiger partial charge >= 0.3 is 0 Å². The van der Waals surface area contributed by atoms with E-state index >= 15 is 0 Å². The number of hydrogen-bond donors (Lipinski definition) is 1. The maximum atomic E-state index is 13.7. The SMILES string of the molecule is O=C(Nc1ccc(S(=O)(=O)N2CCCCCC2)cc1)C12C[C@@H]3C[C@@H](C1)CC(n1cncn1)(C3)C2. The van der Waals surface area contributed by atoms with Crippen molar-refractivity contribution in [3.05, 3.63) is 36.9 Å². The molecule has 2 atom stereocenters. The van der Waals surface area contributed by atoms with Gasteiger partial charge in [-0.2, -0.15) is 9.40 Å². The number of aromatic nitrogens is 3. The molecule has 9 heteroatoms. The van der Waals surface area contributed by atoms with E-state index < -0.39 is 15.4 Å². The van der Waals surface area contributed by atoms with Crippen molar-refractivity contribution in [2.45, 2.75) is 74.6 Å². The van der Waals surface area contributed by atoms with Crippen molar-refractivity contribution in [2.24, 2.45) is 17.3 Å². The smallest absolute Gasteiger partial charge is 0.243 e. The van der Waals surface area contributed by atoms with E-state index in [0.29, 0.717) is 35.5 Å². The summed E-state index contributed by atoms with van der Waals surface area (Å²) < 4.78 is 29.8. The van der Waals surface area contributed by atoms with Gasteiger partial charge in [-0.15, -0.1) is 0 Å². The molecule has 1 saturated heterocycles. The third kappa shape index (κ3) is 3.68. The first-order valence-electron chi connectivity index (χ1n) is 12.7. The van der Waals surface area contributed by atoms with Gasteiger partial charge in [-0.3, -0.25) is 4.79 Å². The average Bonchev–Trinajstić information content (AvgIpc) is 3.22. The van der Waals surface area contributed by atoms with Crippen LogP contribution in [0.1, 0.15) is 64.2 Å². The Balaban J connectivity index is 1.20. The van der Waals surface area contributed by atoms with E-state index in [9.17, 15) is 13.2 Å². The van der Waals surface area contributed by atoms with E-state index in [-0.39, 0.29) is 11.4 Å². The second kappa shape index (κ2) is 8.16. The molecule has 5 fully saturated rings. The molecule has 1 aromatic carbocycles. The predicted octanol–water partition coefficient (Wildman–Crippen LogP) is 3.78. The fourth-order valence-corrected chi connectivity index (χ4v) is 9.12. The van der Waals surface area contributed by atoms with Crippen LogP contribution in [0.5, 0.6) is 0 Å². The van der Waals surface area contributed by atoms with Gasteiger partial charge in [0, 0.05) is 18.8 Å². The van der Waals surface area contributed by atoms with Gasteiger partial charge in [-0.1, -0.05) is 12.8 Å². The second-order valence-corrected chi connectivity index (χ2v) is 13.0. The molecule has 34 heavy (non-hydrogen) atoms. The molecule has 0 unspecified atom stereocenters. The van der Waals surface area contributed by atoms with Crippen LogP contribution >= 0.6 is 0 Å². The number of nitrogens with zero attached hydrogens (tertiary/aromatic N) is 4. The summed E-state index contributed by atoms with van der Waals surface area (Å²) in [5.41, 5.74) is 0.154. The monoisotopic (exact) mass is 483 g/mol. The first-order valence-corrected chi connectivity index (χ1v) is 14.1. The first-order chi connectivity index (χ1) is 16.4. The van der Waals surface area contributed by atoms with Crippen molar-refractivity contribution in [1.29, 1.82) is 0 Å². The molecular formula is C25H33N5O3S. The van der Waals surface area contributed by atoms with E-state index in [0.717, 1.165) is 57.8 Å². The van der Waals surface area contributed by atoms with Gasteiger partial charge in [0.05, 0.1) is 15.8 Å². The third-order valence-electron chi connectivity index (χ3n) is 8.73. The summed E-state index contributed by atoms with van der Waals surface area (Å²) in [6.07, 6.45) is 13.4. The zero-order valence-corrected chi connectivity index (χ0v) is 20.3. The largest absolute Gasteiger partial charge is 0.326 e. The highest BCUT2D eigenvalue weighted by molar-refractivity contribution is 7.89. The molecule has 0 spiro atoms. The molecule has 1 amide bonds. The van der Waals surface area contributed by atoms with Gasteiger partial charge in [-0.25, -0.2) is 18.1 Å². The Kier molecular flexibility index (Phi) is 5.33. The van der Waals surface area contributed by atoms with Gasteiger partial charge in [-0.05, 0) is 87.5 Å². The van der Waals surface area contributed by atoms with Gasteiger partial charge in [0.15, 0.2) is 0 Å². The first kappa shape index (κ1) is 22.2. The maximum absolute atomic E-state index is 13.7. The standard InChI is InChI=1S/C25H33N5O3S/c31-23(24-12-19-11-20(13-24)15-25(14-19,16-24)30-18-26-17-27-30)28-21-5-7-22(8-6-21)34(32,33)29-9-3-1-2-4-10-29/h5-8,17-20H,1-4,9-16H2,(H,28,31)/t19-,20-,24?,25?/m0/s1. The van der Waals surface area contributed by atoms with Crippen molar-refractivity contribution < 1.29 is 13.2 Å². The number of benzene rings is 1. The number of carbonyl (C=O) groups is 1. The Bertz CT molecular complexity index is 1140. The summed E-state index contributed by atoms with van der Waals surface area (Å²) in [5, 5.41) is 7.61. The Morgan fingerprint density at radius 2 is 1.65 bits per heavy atom. The van der Waals surface area contributed by atoms with E-state index in [1.54, 1.807) is 34.9 Å². The zero-order chi connectivity index (χ0) is 23.4. The number of sulfonamides is 1. The van der Waals surface area contributed by atoms with Crippen molar-refractivity contribution in [3.8, 4) is 0 Å². The number of amides is 1. The van der Waals surface area contributed by atoms with Crippen molar-refractivity contribution >= 4 is 21.6 Å². The highest BCUT2D eigenvalue weighted by Crippen LogP contribution is 2.64. The van der Waals surface area contributed by atoms with Gasteiger partial charge < -0.3 is 5.32 Å². The number of carbonyl (C=O) groups excluding carboxylic acids is 1. The van der Waals surface area contributed by atoms with Gasteiger partial charge in [0.25, 0.3) is 0 Å². The summed E-state index contributed by atoms with van der Waals surface area (Å²) in [7, 11) is -3.50. The molecule has 4 bridgehead atoms. The molecule has 1 aromatic heterocycles. The van der Waals surface area contributed by atoms with E-state index in [2.05, 4.69) is 15.4 Å². The molecule has 8 nitrogen and oxygen atoms in total. The summed E-state index contributed by atoms with van der Waals surface area (Å²) >= 11 is 0. The highest BCUT2D eigenvalue weighted by atomic mass is 32.2. The molecule has 182 valence electrons. The molecule has 7 rings (SSSR count). The topological polar surface area (TPSA) is 97.2 Å². The normalized spacial score (nSPS) is 33.5. The Morgan fingerprint density at radius 3 is 2.26 bits per heavy atom. The van der Waals surface area contributed by atoms with Crippen LogP contribution in [0.3, 0.4) is 0 Å². The molecule has 4 saturated carbocycles. The van der Waals surface area contributed by atoms with Crippen LogP contribution in [0.15, 0.2) is 41.8 Å². The van der Waals surface area contributed by atoms with Crippen LogP contribution in [0.4, 0.5) is 5.69 Å². The predicted molar refractivity (Wildman–Crippen MR) is 127 cm³/mol. The van der Waals surface area contributed by atoms with Crippen molar-refractivity contribution in [2.75, 3.05) is 18.4 Å². The Hall–Kier alpha value is -2.26. The minimum atomic E-state index is -3.50. The molecule has 2 heterocycles. The minimum Gasteiger partial charge on any atom is -0.326 e. The molecule has 1 aliphatic heterocycles. The van der Waals surface area contributed by atoms with Crippen LogP contribution in [0.2, 0.25) is 0 Å². The van der Waals surface area contributed by atoms with Gasteiger partial charge in [0.1, 0.15) is 12.7 Å². The van der Waals surface area contributed by atoms with Crippen molar-refractivity contribution in [1.82, 2.24) is 19.1 Å². The lowest BCUT2D eigenvalue weighted by Gasteiger charge is -2.60. The second-order valence-electron chi connectivity index (χ2n) is 11.1. The van der Waals surface area contributed by atoms with E-state index in [1.807, 2.05) is 11.0 Å². The molecule has 1 N–H and O–H groups in total. The lowest BCUT2D eigenvalue weighted by Crippen LogP contribution is -2.60. The quantitative estimate of drug-likeness (QED) is 0.698. The number of rotatable bonds is 5. The molecule has 2 aromatic rings. The number of nitrogens with one attached hydrogen (secondary N) is 1. The molecule has 0 radical (unpaired) electrons. The fourth-order valence-electron chi connectivity index (χ4n) is 7.61. The van der Waals surface area contributed by atoms with Gasteiger partial charge in [0.2, 0.25) is 15.9 Å². The number of anilines is 1. The van der Waals surface area contributed by atoms with Crippen LogP contribution in [-0.2, 0) is 20.4 Å².